The minimum absolute atomic E-state index is 0.0901. The van der Waals surface area contributed by atoms with Crippen LogP contribution in [0.15, 0.2) is 36.4 Å². The number of sulfonamides is 1. The number of fused-ring (bicyclic) bond motifs is 4. The topological polar surface area (TPSA) is 97.4 Å². The van der Waals surface area contributed by atoms with Crippen LogP contribution in [-0.4, -0.2) is 84.3 Å². The predicted molar refractivity (Wildman–Crippen MR) is 187 cm³/mol. The van der Waals surface area contributed by atoms with E-state index in [2.05, 4.69) is 40.7 Å². The summed E-state index contributed by atoms with van der Waals surface area (Å²) in [6.07, 6.45) is 7.54. The standard InChI is InChI=1S/C37H50ClN3O6S/c1-24-6-4-8-31(36-45-19-29(20-46-36)40(2)3)30-12-9-27(30)18-41-22-37(15-5-7-25-16-28(38)11-13-32(25)37)23-47-34-14-10-26(17-33(34)41)35(42)39-48(43,44)21-24/h10-11,13-14,16-17,24,27,29-31,36H,4-9,12,15,18-23H2,1-3H3,(H,39,42)/t24-,27-,29?,30+,31+,36?,37-/m0/s1. The number of carbonyl (C=O) groups excluding carboxylic acids is 1. The Morgan fingerprint density at radius 1 is 1.00 bits per heavy atom. The number of aryl methyl sites for hydroxylation is 1. The monoisotopic (exact) mass is 699 g/mol. The first-order valence-corrected chi connectivity index (χ1v) is 19.8. The van der Waals surface area contributed by atoms with Gasteiger partial charge in [-0.3, -0.25) is 4.79 Å². The Hall–Kier alpha value is -2.37. The molecule has 3 heterocycles. The normalized spacial score (nSPS) is 33.9. The van der Waals surface area contributed by atoms with E-state index in [1.165, 1.54) is 11.1 Å². The van der Waals surface area contributed by atoms with Crippen molar-refractivity contribution in [3.8, 4) is 5.75 Å². The van der Waals surface area contributed by atoms with Crippen molar-refractivity contribution in [2.45, 2.75) is 76.0 Å². The number of hydrogen-bond acceptors (Lipinski definition) is 8. The van der Waals surface area contributed by atoms with Gasteiger partial charge in [0.25, 0.3) is 5.91 Å². The van der Waals surface area contributed by atoms with Crippen molar-refractivity contribution in [3.05, 3.63) is 58.1 Å². The Balaban J connectivity index is 1.25. The van der Waals surface area contributed by atoms with Gasteiger partial charge in [-0.2, -0.15) is 0 Å². The summed E-state index contributed by atoms with van der Waals surface area (Å²) < 4.78 is 48.2. The summed E-state index contributed by atoms with van der Waals surface area (Å²) >= 11 is 6.46. The zero-order valence-electron chi connectivity index (χ0n) is 28.5. The van der Waals surface area contributed by atoms with E-state index in [4.69, 9.17) is 25.8 Å². The molecule has 0 unspecified atom stereocenters. The van der Waals surface area contributed by atoms with Crippen LogP contribution in [0.5, 0.6) is 5.75 Å². The molecular formula is C37H50ClN3O6S. The van der Waals surface area contributed by atoms with E-state index in [1.807, 2.05) is 25.1 Å². The highest BCUT2D eigenvalue weighted by atomic mass is 35.5. The number of carbonyl (C=O) groups is 1. The molecule has 48 heavy (non-hydrogen) atoms. The number of hydrogen-bond donors (Lipinski definition) is 1. The maximum atomic E-state index is 13.4. The SMILES string of the molecule is C[C@H]1CCC[C@@H](C2OCC(N(C)C)CO2)[C@@H]2CC[C@H]2CN2C[C@@]3(CCCc4cc(Cl)ccc43)COc3ccc(cc32)C(=O)NS(=O)(=O)C1. The molecule has 2 fully saturated rings. The smallest absolute Gasteiger partial charge is 0.264 e. The van der Waals surface area contributed by atoms with Gasteiger partial charge in [-0.15, -0.1) is 0 Å². The largest absolute Gasteiger partial charge is 0.490 e. The first kappa shape index (κ1) is 34.1. The third-order valence-electron chi connectivity index (χ3n) is 11.8. The number of nitrogens with zero attached hydrogens (tertiary/aromatic N) is 2. The average Bonchev–Trinajstić information content (AvgIpc) is 3.18. The van der Waals surface area contributed by atoms with E-state index in [0.717, 1.165) is 80.9 Å². The summed E-state index contributed by atoms with van der Waals surface area (Å²) in [5.74, 6) is 1.01. The third kappa shape index (κ3) is 6.97. The van der Waals surface area contributed by atoms with E-state index in [-0.39, 0.29) is 35.3 Å². The van der Waals surface area contributed by atoms with E-state index >= 15 is 0 Å². The van der Waals surface area contributed by atoms with Crippen molar-refractivity contribution in [3.63, 3.8) is 0 Å². The molecule has 1 spiro atoms. The first-order valence-electron chi connectivity index (χ1n) is 17.8. The lowest BCUT2D eigenvalue weighted by Crippen LogP contribution is -2.52. The van der Waals surface area contributed by atoms with Crippen LogP contribution in [0.3, 0.4) is 0 Å². The van der Waals surface area contributed by atoms with Gasteiger partial charge in [0.1, 0.15) is 5.75 Å². The van der Waals surface area contributed by atoms with Crippen molar-refractivity contribution in [1.29, 1.82) is 0 Å². The molecule has 262 valence electrons. The van der Waals surface area contributed by atoms with Gasteiger partial charge in [0.2, 0.25) is 10.0 Å². The van der Waals surface area contributed by atoms with E-state index in [1.54, 1.807) is 6.07 Å². The molecular weight excluding hydrogens is 650 g/mol. The van der Waals surface area contributed by atoms with Gasteiger partial charge >= 0.3 is 0 Å². The second kappa shape index (κ2) is 13.7. The molecule has 1 amide bonds. The fourth-order valence-electron chi connectivity index (χ4n) is 8.93. The maximum Gasteiger partial charge on any atom is 0.264 e. The molecule has 2 aromatic rings. The Labute approximate surface area is 290 Å². The van der Waals surface area contributed by atoms with Crippen LogP contribution in [0, 0.1) is 23.7 Å². The van der Waals surface area contributed by atoms with Crippen molar-refractivity contribution >= 4 is 33.2 Å². The number of ether oxygens (including phenoxy) is 3. The zero-order chi connectivity index (χ0) is 33.6. The van der Waals surface area contributed by atoms with Crippen LogP contribution in [-0.2, 0) is 31.3 Å². The second-order valence-electron chi connectivity index (χ2n) is 15.4. The van der Waals surface area contributed by atoms with Crippen LogP contribution in [0.4, 0.5) is 5.69 Å². The van der Waals surface area contributed by atoms with E-state index < -0.39 is 15.9 Å². The third-order valence-corrected chi connectivity index (χ3v) is 13.5. The molecule has 1 N–H and O–H groups in total. The number of likely N-dealkylation sites (N-methyl/N-ethyl adjacent to an activating group) is 1. The zero-order valence-corrected chi connectivity index (χ0v) is 30.0. The Kier molecular flexibility index (Phi) is 9.76. The number of halogens is 1. The minimum Gasteiger partial charge on any atom is -0.490 e. The van der Waals surface area contributed by atoms with Gasteiger partial charge < -0.3 is 24.0 Å². The Morgan fingerprint density at radius 2 is 1.81 bits per heavy atom. The van der Waals surface area contributed by atoms with Gasteiger partial charge in [-0.25, -0.2) is 13.1 Å². The molecule has 1 saturated carbocycles. The van der Waals surface area contributed by atoms with Crippen molar-refractivity contribution in [2.24, 2.45) is 23.7 Å². The van der Waals surface area contributed by atoms with Gasteiger partial charge in [0, 0.05) is 35.0 Å². The molecule has 1 saturated heterocycles. The van der Waals surface area contributed by atoms with Crippen LogP contribution in [0.1, 0.15) is 73.4 Å². The molecule has 5 atom stereocenters. The van der Waals surface area contributed by atoms with Crippen LogP contribution < -0.4 is 14.4 Å². The predicted octanol–water partition coefficient (Wildman–Crippen LogP) is 5.64. The summed E-state index contributed by atoms with van der Waals surface area (Å²) in [4.78, 5) is 18.0. The van der Waals surface area contributed by atoms with Crippen LogP contribution >= 0.6 is 11.6 Å². The molecule has 0 radical (unpaired) electrons. The molecule has 9 nitrogen and oxygen atoms in total. The molecule has 3 aliphatic heterocycles. The second-order valence-corrected chi connectivity index (χ2v) is 17.6. The van der Waals surface area contributed by atoms with Gasteiger partial charge in [-0.05, 0) is 118 Å². The lowest BCUT2D eigenvalue weighted by Gasteiger charge is -2.49. The number of amides is 1. The van der Waals surface area contributed by atoms with Gasteiger partial charge in [-0.1, -0.05) is 31.0 Å². The summed E-state index contributed by atoms with van der Waals surface area (Å²) in [5.41, 5.74) is 3.50. The number of anilines is 1. The summed E-state index contributed by atoms with van der Waals surface area (Å²) in [6, 6.07) is 11.9. The molecule has 11 heteroatoms. The highest BCUT2D eigenvalue weighted by Crippen LogP contribution is 2.49. The molecule has 2 aliphatic carbocycles. The highest BCUT2D eigenvalue weighted by molar-refractivity contribution is 7.90. The molecule has 5 aliphatic rings. The lowest BCUT2D eigenvalue weighted by atomic mass is 9.64. The highest BCUT2D eigenvalue weighted by Gasteiger charge is 2.46. The number of rotatable bonds is 2. The summed E-state index contributed by atoms with van der Waals surface area (Å²) in [5, 5.41) is 0.751. The van der Waals surface area contributed by atoms with Gasteiger partial charge in [0.05, 0.1) is 37.3 Å². The quantitative estimate of drug-likeness (QED) is 0.431. The lowest BCUT2D eigenvalue weighted by molar-refractivity contribution is -0.240. The molecule has 2 bridgehead atoms. The fourth-order valence-corrected chi connectivity index (χ4v) is 10.5. The summed E-state index contributed by atoms with van der Waals surface area (Å²) in [7, 11) is 0.295. The van der Waals surface area contributed by atoms with Crippen LogP contribution in [0.25, 0.3) is 0 Å². The Morgan fingerprint density at radius 3 is 2.56 bits per heavy atom. The molecule has 2 aromatic carbocycles. The molecule has 7 rings (SSSR count). The van der Waals surface area contributed by atoms with Crippen molar-refractivity contribution in [1.82, 2.24) is 9.62 Å². The number of nitrogens with one attached hydrogen (secondary N) is 1. The van der Waals surface area contributed by atoms with Crippen molar-refractivity contribution in [2.75, 3.05) is 57.7 Å². The average molecular weight is 700 g/mol. The first-order chi connectivity index (χ1) is 23.0. The van der Waals surface area contributed by atoms with Crippen molar-refractivity contribution < 1.29 is 27.4 Å². The Bertz CT molecular complexity index is 1610. The summed E-state index contributed by atoms with van der Waals surface area (Å²) in [6.45, 7) is 5.32. The van der Waals surface area contributed by atoms with E-state index in [0.29, 0.717) is 37.2 Å². The van der Waals surface area contributed by atoms with Gasteiger partial charge in [0.15, 0.2) is 6.29 Å². The number of benzene rings is 2. The van der Waals surface area contributed by atoms with Crippen LogP contribution in [0.2, 0.25) is 5.02 Å². The van der Waals surface area contributed by atoms with E-state index in [9.17, 15) is 13.2 Å². The molecule has 0 aromatic heterocycles. The minimum atomic E-state index is -3.82. The maximum absolute atomic E-state index is 13.4. The fraction of sp³-hybridized carbons (Fsp3) is 0.649.